The van der Waals surface area contributed by atoms with Gasteiger partial charge >= 0.3 is 0 Å². The van der Waals surface area contributed by atoms with E-state index in [1.54, 1.807) is 7.05 Å². The average molecular weight is 220 g/mol. The molecule has 1 aromatic rings. The van der Waals surface area contributed by atoms with Gasteiger partial charge in [0.25, 0.3) is 0 Å². The van der Waals surface area contributed by atoms with Gasteiger partial charge in [0.05, 0.1) is 6.61 Å². The quantitative estimate of drug-likeness (QED) is 0.811. The van der Waals surface area contributed by atoms with Gasteiger partial charge in [0, 0.05) is 11.3 Å². The molecule has 1 heterocycles. The molecular formula is C12H16N2O2. The zero-order valence-electron chi connectivity index (χ0n) is 9.54. The molecule has 2 rings (SSSR count). The number of carbonyl (C=O) groups is 1. The summed E-state index contributed by atoms with van der Waals surface area (Å²) in [6.07, 6.45) is 0.976. The first-order valence-corrected chi connectivity index (χ1v) is 5.51. The van der Waals surface area contributed by atoms with Crippen LogP contribution in [0.1, 0.15) is 24.9 Å². The molecule has 2 N–H and O–H groups in total. The zero-order valence-corrected chi connectivity index (χ0v) is 9.54. The van der Waals surface area contributed by atoms with Crippen LogP contribution in [0.5, 0.6) is 5.75 Å². The Labute approximate surface area is 95.0 Å². The van der Waals surface area contributed by atoms with E-state index in [2.05, 4.69) is 17.6 Å². The summed E-state index contributed by atoms with van der Waals surface area (Å²) in [6.45, 7) is 2.76. The summed E-state index contributed by atoms with van der Waals surface area (Å²) in [4.78, 5) is 11.6. The second kappa shape index (κ2) is 4.53. The van der Waals surface area contributed by atoms with Gasteiger partial charge in [0.1, 0.15) is 11.8 Å². The number of ether oxygens (including phenoxy) is 1. The van der Waals surface area contributed by atoms with Crippen LogP contribution in [0.3, 0.4) is 0 Å². The minimum absolute atomic E-state index is 0.00913. The molecule has 1 amide bonds. The van der Waals surface area contributed by atoms with Crippen molar-refractivity contribution < 1.29 is 9.53 Å². The Balaban J connectivity index is 2.25. The SMILES string of the molecule is CCCOc1ccc2c(c1)C(NC)C(=O)N2. The monoisotopic (exact) mass is 220 g/mol. The van der Waals surface area contributed by atoms with Gasteiger partial charge in [-0.25, -0.2) is 0 Å². The molecule has 4 nitrogen and oxygen atoms in total. The van der Waals surface area contributed by atoms with Gasteiger partial charge in [-0.2, -0.15) is 0 Å². The lowest BCUT2D eigenvalue weighted by atomic mass is 10.1. The van der Waals surface area contributed by atoms with Crippen molar-refractivity contribution in [1.82, 2.24) is 5.32 Å². The molecule has 0 aliphatic carbocycles. The third kappa shape index (κ3) is 1.88. The molecule has 1 aliphatic rings. The predicted octanol–water partition coefficient (Wildman–Crippen LogP) is 1.69. The van der Waals surface area contributed by atoms with Gasteiger partial charge in [-0.15, -0.1) is 0 Å². The van der Waals surface area contributed by atoms with Gasteiger partial charge < -0.3 is 15.4 Å². The van der Waals surface area contributed by atoms with E-state index < -0.39 is 0 Å². The second-order valence-corrected chi connectivity index (χ2v) is 3.81. The van der Waals surface area contributed by atoms with Gasteiger partial charge in [0.2, 0.25) is 5.91 Å². The topological polar surface area (TPSA) is 50.4 Å². The number of rotatable bonds is 4. The standard InChI is InChI=1S/C12H16N2O2/c1-3-6-16-8-4-5-10-9(7-8)11(13-2)12(15)14-10/h4-5,7,11,13H,3,6H2,1-2H3,(H,14,15). The van der Waals surface area contributed by atoms with Crippen LogP contribution in [0.2, 0.25) is 0 Å². The first kappa shape index (κ1) is 11.0. The van der Waals surface area contributed by atoms with Crippen molar-refractivity contribution in [2.75, 3.05) is 19.0 Å². The highest BCUT2D eigenvalue weighted by molar-refractivity contribution is 6.02. The molecule has 0 saturated heterocycles. The summed E-state index contributed by atoms with van der Waals surface area (Å²) in [5.74, 6) is 0.808. The number of hydrogen-bond acceptors (Lipinski definition) is 3. The molecule has 16 heavy (non-hydrogen) atoms. The molecule has 0 bridgehead atoms. The van der Waals surface area contributed by atoms with Crippen molar-refractivity contribution in [2.24, 2.45) is 0 Å². The van der Waals surface area contributed by atoms with E-state index in [0.29, 0.717) is 6.61 Å². The molecular weight excluding hydrogens is 204 g/mol. The van der Waals surface area contributed by atoms with E-state index in [-0.39, 0.29) is 11.9 Å². The van der Waals surface area contributed by atoms with Crippen LogP contribution in [0.15, 0.2) is 18.2 Å². The fraction of sp³-hybridized carbons (Fsp3) is 0.417. The lowest BCUT2D eigenvalue weighted by molar-refractivity contribution is -0.117. The molecule has 0 saturated carbocycles. The largest absolute Gasteiger partial charge is 0.494 e. The lowest BCUT2D eigenvalue weighted by Gasteiger charge is -2.09. The molecule has 86 valence electrons. The van der Waals surface area contributed by atoms with Crippen LogP contribution in [0.4, 0.5) is 5.69 Å². The number of nitrogens with one attached hydrogen (secondary N) is 2. The van der Waals surface area contributed by atoms with Crippen molar-refractivity contribution >= 4 is 11.6 Å². The van der Waals surface area contributed by atoms with E-state index >= 15 is 0 Å². The molecule has 4 heteroatoms. The van der Waals surface area contributed by atoms with Crippen molar-refractivity contribution in [1.29, 1.82) is 0 Å². The Bertz CT molecular complexity index is 404. The number of benzene rings is 1. The number of fused-ring (bicyclic) bond motifs is 1. The van der Waals surface area contributed by atoms with E-state index in [1.807, 2.05) is 18.2 Å². The Morgan fingerprint density at radius 1 is 1.50 bits per heavy atom. The minimum Gasteiger partial charge on any atom is -0.494 e. The van der Waals surface area contributed by atoms with Crippen molar-refractivity contribution in [3.05, 3.63) is 23.8 Å². The molecule has 0 radical (unpaired) electrons. The summed E-state index contributed by atoms with van der Waals surface area (Å²) in [5.41, 5.74) is 1.83. The van der Waals surface area contributed by atoms with E-state index in [0.717, 1.165) is 23.4 Å². The molecule has 1 unspecified atom stereocenters. The normalized spacial score (nSPS) is 18.1. The van der Waals surface area contributed by atoms with Crippen LogP contribution in [-0.4, -0.2) is 19.6 Å². The number of anilines is 1. The van der Waals surface area contributed by atoms with Gasteiger partial charge in [-0.1, -0.05) is 6.92 Å². The number of likely N-dealkylation sites (N-methyl/N-ethyl adjacent to an activating group) is 1. The maximum Gasteiger partial charge on any atom is 0.246 e. The molecule has 1 aliphatic heterocycles. The Kier molecular flexibility index (Phi) is 3.10. The molecule has 0 aromatic heterocycles. The Hall–Kier alpha value is -1.55. The fourth-order valence-corrected chi connectivity index (χ4v) is 1.84. The Morgan fingerprint density at radius 2 is 2.31 bits per heavy atom. The van der Waals surface area contributed by atoms with E-state index in [9.17, 15) is 4.79 Å². The van der Waals surface area contributed by atoms with Crippen LogP contribution in [-0.2, 0) is 4.79 Å². The zero-order chi connectivity index (χ0) is 11.5. The van der Waals surface area contributed by atoms with Gasteiger partial charge in [-0.05, 0) is 31.7 Å². The average Bonchev–Trinajstić information content (AvgIpc) is 2.61. The molecule has 0 fully saturated rings. The summed E-state index contributed by atoms with van der Waals surface area (Å²) in [7, 11) is 1.78. The van der Waals surface area contributed by atoms with E-state index in [1.165, 1.54) is 0 Å². The van der Waals surface area contributed by atoms with E-state index in [4.69, 9.17) is 4.74 Å². The summed E-state index contributed by atoms with van der Waals surface area (Å²) >= 11 is 0. The highest BCUT2D eigenvalue weighted by atomic mass is 16.5. The number of carbonyl (C=O) groups excluding carboxylic acids is 1. The smallest absolute Gasteiger partial charge is 0.246 e. The first-order chi connectivity index (χ1) is 7.76. The van der Waals surface area contributed by atoms with Crippen LogP contribution < -0.4 is 15.4 Å². The third-order valence-electron chi connectivity index (χ3n) is 2.62. The number of amides is 1. The molecule has 1 aromatic carbocycles. The molecule has 0 spiro atoms. The third-order valence-corrected chi connectivity index (χ3v) is 2.62. The fourth-order valence-electron chi connectivity index (χ4n) is 1.84. The highest BCUT2D eigenvalue weighted by Crippen LogP contribution is 2.33. The van der Waals surface area contributed by atoms with Crippen LogP contribution >= 0.6 is 0 Å². The van der Waals surface area contributed by atoms with Crippen molar-refractivity contribution in [3.63, 3.8) is 0 Å². The molecule has 1 atom stereocenters. The first-order valence-electron chi connectivity index (χ1n) is 5.51. The maximum atomic E-state index is 11.6. The lowest BCUT2D eigenvalue weighted by Crippen LogP contribution is -2.23. The second-order valence-electron chi connectivity index (χ2n) is 3.81. The van der Waals surface area contributed by atoms with Crippen LogP contribution in [0.25, 0.3) is 0 Å². The Morgan fingerprint density at radius 3 is 3.00 bits per heavy atom. The summed E-state index contributed by atoms with van der Waals surface area (Å²) < 4.78 is 5.54. The summed E-state index contributed by atoms with van der Waals surface area (Å²) in [6, 6.07) is 5.42. The van der Waals surface area contributed by atoms with Gasteiger partial charge in [0.15, 0.2) is 0 Å². The van der Waals surface area contributed by atoms with Crippen LogP contribution in [0, 0.1) is 0 Å². The highest BCUT2D eigenvalue weighted by Gasteiger charge is 2.29. The van der Waals surface area contributed by atoms with Crippen molar-refractivity contribution in [3.8, 4) is 5.75 Å². The minimum atomic E-state index is -0.264. The predicted molar refractivity (Wildman–Crippen MR) is 62.7 cm³/mol. The van der Waals surface area contributed by atoms with Crippen molar-refractivity contribution in [2.45, 2.75) is 19.4 Å². The van der Waals surface area contributed by atoms with Gasteiger partial charge in [-0.3, -0.25) is 4.79 Å². The number of hydrogen-bond donors (Lipinski definition) is 2. The summed E-state index contributed by atoms with van der Waals surface area (Å²) in [5, 5.41) is 5.81. The maximum absolute atomic E-state index is 11.6.